The summed E-state index contributed by atoms with van der Waals surface area (Å²) in [6, 6.07) is 9.13. The lowest BCUT2D eigenvalue weighted by atomic mass is 10.2. The molecule has 4 nitrogen and oxygen atoms in total. The number of aryl methyl sites for hydroxylation is 1. The minimum absolute atomic E-state index is 0.0260. The van der Waals surface area contributed by atoms with Crippen LogP contribution in [0.25, 0.3) is 11.8 Å². The van der Waals surface area contributed by atoms with Gasteiger partial charge >= 0.3 is 0 Å². The SMILES string of the molecule is CCN1C(=O)C(=Cc2cc(C)n(-c3ccc(O)cc3)c2C)SC1=S. The van der Waals surface area contributed by atoms with Crippen LogP contribution in [0.1, 0.15) is 23.9 Å². The van der Waals surface area contributed by atoms with Crippen LogP contribution in [0.4, 0.5) is 0 Å². The number of thioether (sulfide) groups is 1. The molecular formula is C18H18N2O2S2. The fourth-order valence-corrected chi connectivity index (χ4v) is 4.22. The maximum absolute atomic E-state index is 12.4. The standard InChI is InChI=1S/C18H18N2O2S2/c1-4-19-17(22)16(24-18(19)23)10-13-9-11(2)20(12(13)3)14-5-7-15(21)8-6-14/h5-10,21H,4H2,1-3H3. The summed E-state index contributed by atoms with van der Waals surface area (Å²) in [6.45, 7) is 6.56. The average Bonchev–Trinajstić information content (AvgIpc) is 2.97. The van der Waals surface area contributed by atoms with Gasteiger partial charge in [0.05, 0.1) is 4.91 Å². The van der Waals surface area contributed by atoms with Crippen molar-refractivity contribution in [2.75, 3.05) is 6.54 Å². The zero-order valence-corrected chi connectivity index (χ0v) is 15.4. The van der Waals surface area contributed by atoms with Gasteiger partial charge in [-0.25, -0.2) is 0 Å². The van der Waals surface area contributed by atoms with E-state index in [1.54, 1.807) is 17.0 Å². The number of rotatable bonds is 3. The maximum Gasteiger partial charge on any atom is 0.266 e. The number of aromatic hydroxyl groups is 1. The first-order chi connectivity index (χ1) is 11.4. The highest BCUT2D eigenvalue weighted by atomic mass is 32.2. The van der Waals surface area contributed by atoms with Crippen LogP contribution in [0, 0.1) is 13.8 Å². The third kappa shape index (κ3) is 2.87. The largest absolute Gasteiger partial charge is 0.508 e. The van der Waals surface area contributed by atoms with Gasteiger partial charge in [-0.2, -0.15) is 0 Å². The number of phenols is 1. The number of nitrogens with zero attached hydrogens (tertiary/aromatic N) is 2. The van der Waals surface area contributed by atoms with Gasteiger partial charge in [-0.15, -0.1) is 0 Å². The molecule has 0 unspecified atom stereocenters. The van der Waals surface area contributed by atoms with Crippen molar-refractivity contribution in [3.05, 3.63) is 52.2 Å². The predicted molar refractivity (Wildman–Crippen MR) is 102 cm³/mol. The highest BCUT2D eigenvalue weighted by molar-refractivity contribution is 8.26. The van der Waals surface area contributed by atoms with E-state index in [-0.39, 0.29) is 11.7 Å². The third-order valence-corrected chi connectivity index (χ3v) is 5.43. The summed E-state index contributed by atoms with van der Waals surface area (Å²) in [6.07, 6.45) is 1.91. The number of thiocarbonyl (C=S) groups is 1. The van der Waals surface area contributed by atoms with Gasteiger partial charge in [0.15, 0.2) is 0 Å². The second-order valence-electron chi connectivity index (χ2n) is 5.60. The molecule has 0 bridgehead atoms. The summed E-state index contributed by atoms with van der Waals surface area (Å²) < 4.78 is 2.72. The number of phenolic OH excluding ortho intramolecular Hbond substituents is 1. The van der Waals surface area contributed by atoms with Gasteiger partial charge in [0.2, 0.25) is 0 Å². The van der Waals surface area contributed by atoms with Crippen molar-refractivity contribution in [2.45, 2.75) is 20.8 Å². The van der Waals surface area contributed by atoms with Crippen molar-refractivity contribution in [3.63, 3.8) is 0 Å². The Bertz CT molecular complexity index is 851. The number of hydrogen-bond donors (Lipinski definition) is 1. The van der Waals surface area contributed by atoms with Gasteiger partial charge in [0.1, 0.15) is 10.1 Å². The number of aromatic nitrogens is 1. The van der Waals surface area contributed by atoms with Crippen LogP contribution in [0.15, 0.2) is 35.2 Å². The molecule has 3 rings (SSSR count). The minimum atomic E-state index is -0.0260. The molecule has 1 aromatic carbocycles. The number of amides is 1. The Kier molecular flexibility index (Phi) is 4.51. The topological polar surface area (TPSA) is 45.5 Å². The van der Waals surface area contributed by atoms with Crippen LogP contribution in [-0.2, 0) is 4.79 Å². The molecule has 1 amide bonds. The van der Waals surface area contributed by atoms with Gasteiger partial charge in [0, 0.05) is 23.6 Å². The second kappa shape index (κ2) is 6.45. The lowest BCUT2D eigenvalue weighted by Gasteiger charge is -2.10. The molecule has 0 saturated carbocycles. The summed E-state index contributed by atoms with van der Waals surface area (Å²) in [5, 5.41) is 9.46. The summed E-state index contributed by atoms with van der Waals surface area (Å²) >= 11 is 6.61. The van der Waals surface area contributed by atoms with Crippen molar-refractivity contribution >= 4 is 40.3 Å². The normalized spacial score (nSPS) is 16.5. The zero-order chi connectivity index (χ0) is 17.4. The lowest BCUT2D eigenvalue weighted by Crippen LogP contribution is -2.27. The smallest absolute Gasteiger partial charge is 0.266 e. The molecule has 2 aromatic rings. The van der Waals surface area contributed by atoms with Crippen LogP contribution >= 0.6 is 24.0 Å². The van der Waals surface area contributed by atoms with E-state index in [0.717, 1.165) is 22.6 Å². The number of carbonyl (C=O) groups is 1. The summed E-state index contributed by atoms with van der Waals surface area (Å²) in [4.78, 5) is 14.7. The van der Waals surface area contributed by atoms with Gasteiger partial charge in [-0.05, 0) is 62.7 Å². The first-order valence-corrected chi connectivity index (χ1v) is 8.88. The van der Waals surface area contributed by atoms with E-state index >= 15 is 0 Å². The molecule has 0 radical (unpaired) electrons. The molecule has 0 spiro atoms. The van der Waals surface area contributed by atoms with E-state index < -0.39 is 0 Å². The Morgan fingerprint density at radius 2 is 1.92 bits per heavy atom. The Labute approximate surface area is 150 Å². The monoisotopic (exact) mass is 358 g/mol. The zero-order valence-electron chi connectivity index (χ0n) is 13.7. The van der Waals surface area contributed by atoms with Crippen LogP contribution in [0.3, 0.4) is 0 Å². The van der Waals surface area contributed by atoms with Gasteiger partial charge in [-0.3, -0.25) is 9.69 Å². The number of likely N-dealkylation sites (N-methyl/N-ethyl adjacent to an activating group) is 1. The molecule has 1 fully saturated rings. The molecule has 124 valence electrons. The molecule has 24 heavy (non-hydrogen) atoms. The average molecular weight is 358 g/mol. The van der Waals surface area contributed by atoms with E-state index in [4.69, 9.17) is 12.2 Å². The van der Waals surface area contributed by atoms with Crippen LogP contribution in [0.2, 0.25) is 0 Å². The first kappa shape index (κ1) is 16.8. The van der Waals surface area contributed by atoms with Gasteiger partial charge in [0.25, 0.3) is 5.91 Å². The first-order valence-electron chi connectivity index (χ1n) is 7.66. The molecule has 2 heterocycles. The molecule has 0 aliphatic carbocycles. The van der Waals surface area contributed by atoms with Crippen molar-refractivity contribution in [1.29, 1.82) is 0 Å². The van der Waals surface area contributed by atoms with Crippen molar-refractivity contribution < 1.29 is 9.90 Å². The predicted octanol–water partition coefficient (Wildman–Crippen LogP) is 4.02. The summed E-state index contributed by atoms with van der Waals surface area (Å²) in [5.41, 5.74) is 4.08. The van der Waals surface area contributed by atoms with E-state index in [2.05, 4.69) is 10.6 Å². The van der Waals surface area contributed by atoms with E-state index in [1.165, 1.54) is 11.8 Å². The van der Waals surface area contributed by atoms with Gasteiger partial charge < -0.3 is 9.67 Å². The van der Waals surface area contributed by atoms with Gasteiger partial charge in [-0.1, -0.05) is 24.0 Å². The number of carbonyl (C=O) groups excluding carboxylic acids is 1. The minimum Gasteiger partial charge on any atom is -0.508 e. The Hall–Kier alpha value is -2.05. The van der Waals surface area contributed by atoms with Crippen molar-refractivity contribution in [3.8, 4) is 11.4 Å². The number of benzene rings is 1. The van der Waals surface area contributed by atoms with E-state index in [1.807, 2.05) is 39.0 Å². The molecule has 1 saturated heterocycles. The van der Waals surface area contributed by atoms with Crippen LogP contribution in [0.5, 0.6) is 5.75 Å². The Morgan fingerprint density at radius 3 is 2.50 bits per heavy atom. The van der Waals surface area contributed by atoms with Crippen LogP contribution < -0.4 is 0 Å². The highest BCUT2D eigenvalue weighted by Gasteiger charge is 2.30. The second-order valence-corrected chi connectivity index (χ2v) is 7.28. The fraction of sp³-hybridized carbons (Fsp3) is 0.222. The summed E-state index contributed by atoms with van der Waals surface area (Å²) in [7, 11) is 0. The molecule has 1 aliphatic heterocycles. The molecule has 6 heteroatoms. The highest BCUT2D eigenvalue weighted by Crippen LogP contribution is 2.33. The summed E-state index contributed by atoms with van der Waals surface area (Å²) in [5.74, 6) is 0.214. The fourth-order valence-electron chi connectivity index (χ4n) is 2.85. The molecule has 0 atom stereocenters. The maximum atomic E-state index is 12.4. The molecule has 1 aromatic heterocycles. The van der Waals surface area contributed by atoms with E-state index in [9.17, 15) is 9.90 Å². The van der Waals surface area contributed by atoms with Crippen molar-refractivity contribution in [2.24, 2.45) is 0 Å². The Balaban J connectivity index is 2.01. The third-order valence-electron chi connectivity index (χ3n) is 4.05. The molecular weight excluding hydrogens is 340 g/mol. The lowest BCUT2D eigenvalue weighted by molar-refractivity contribution is -0.121. The molecule has 1 N–H and O–H groups in total. The van der Waals surface area contributed by atoms with E-state index in [0.29, 0.717) is 15.8 Å². The quantitative estimate of drug-likeness (QED) is 0.665. The number of hydrogen-bond acceptors (Lipinski definition) is 4. The van der Waals surface area contributed by atoms with Crippen molar-refractivity contribution in [1.82, 2.24) is 9.47 Å². The molecule has 1 aliphatic rings. The van der Waals surface area contributed by atoms with Crippen LogP contribution in [-0.4, -0.2) is 31.3 Å². The Morgan fingerprint density at radius 1 is 1.25 bits per heavy atom.